The Bertz CT molecular complexity index is 902. The highest BCUT2D eigenvalue weighted by Gasteiger charge is 2.29. The predicted octanol–water partition coefficient (Wildman–Crippen LogP) is 2.86. The van der Waals surface area contributed by atoms with Gasteiger partial charge in [-0.3, -0.25) is 9.59 Å². The van der Waals surface area contributed by atoms with Crippen LogP contribution in [0.3, 0.4) is 0 Å². The summed E-state index contributed by atoms with van der Waals surface area (Å²) in [6.45, 7) is 3.05. The molecule has 1 aromatic carbocycles. The lowest BCUT2D eigenvalue weighted by Crippen LogP contribution is -2.53. The van der Waals surface area contributed by atoms with E-state index < -0.39 is 12.1 Å². The van der Waals surface area contributed by atoms with Crippen molar-refractivity contribution in [2.45, 2.75) is 13.0 Å². The first-order chi connectivity index (χ1) is 13.9. The molecule has 0 radical (unpaired) electrons. The third kappa shape index (κ3) is 5.48. The van der Waals surface area contributed by atoms with Crippen LogP contribution in [0.25, 0.3) is 6.08 Å². The zero-order valence-electron chi connectivity index (χ0n) is 15.9. The van der Waals surface area contributed by atoms with Gasteiger partial charge in [0.2, 0.25) is 0 Å². The van der Waals surface area contributed by atoms with Crippen molar-refractivity contribution < 1.29 is 23.5 Å². The van der Waals surface area contributed by atoms with Gasteiger partial charge in [-0.2, -0.15) is 0 Å². The summed E-state index contributed by atoms with van der Waals surface area (Å²) in [6, 6.07) is 10.3. The number of esters is 1. The number of amides is 2. The minimum absolute atomic E-state index is 0.201. The van der Waals surface area contributed by atoms with Gasteiger partial charge in [0.15, 0.2) is 11.9 Å². The van der Waals surface area contributed by atoms with Crippen molar-refractivity contribution >= 4 is 35.5 Å². The van der Waals surface area contributed by atoms with E-state index in [2.05, 4.69) is 0 Å². The van der Waals surface area contributed by atoms with E-state index in [1.165, 1.54) is 19.3 Å². The van der Waals surface area contributed by atoms with Crippen LogP contribution in [0.5, 0.6) is 0 Å². The number of hydrogen-bond donors (Lipinski definition) is 0. The van der Waals surface area contributed by atoms with Gasteiger partial charge in [-0.25, -0.2) is 4.79 Å². The zero-order valence-corrected chi connectivity index (χ0v) is 16.7. The maximum absolute atomic E-state index is 12.5. The van der Waals surface area contributed by atoms with E-state index in [1.54, 1.807) is 52.3 Å². The molecule has 1 fully saturated rings. The molecule has 3 rings (SSSR count). The van der Waals surface area contributed by atoms with E-state index >= 15 is 0 Å². The highest BCUT2D eigenvalue weighted by atomic mass is 35.5. The number of halogens is 1. The number of rotatable bonds is 5. The fourth-order valence-electron chi connectivity index (χ4n) is 2.98. The van der Waals surface area contributed by atoms with Gasteiger partial charge in [-0.05, 0) is 42.8 Å². The molecule has 1 aromatic heterocycles. The van der Waals surface area contributed by atoms with E-state index in [4.69, 9.17) is 20.8 Å². The molecule has 0 N–H and O–H groups in total. The summed E-state index contributed by atoms with van der Waals surface area (Å²) >= 11 is 5.90. The largest absolute Gasteiger partial charge is 0.459 e. The molecular weight excluding hydrogens is 396 g/mol. The molecule has 0 aliphatic carbocycles. The van der Waals surface area contributed by atoms with Crippen molar-refractivity contribution in [3.05, 3.63) is 65.1 Å². The van der Waals surface area contributed by atoms with Gasteiger partial charge >= 0.3 is 5.97 Å². The standard InChI is InChI=1S/C21H21ClN2O5/c1-15(29-19(25)8-7-16-4-2-5-17(22)14-16)20(26)23-9-11-24(12-10-23)21(27)18-6-3-13-28-18/h2-8,13-15H,9-12H2,1H3/b8-7+. The van der Waals surface area contributed by atoms with Crippen molar-refractivity contribution in [2.24, 2.45) is 0 Å². The second-order valence-electron chi connectivity index (χ2n) is 6.56. The number of ether oxygens (including phenoxy) is 1. The van der Waals surface area contributed by atoms with Gasteiger partial charge in [0, 0.05) is 37.3 Å². The van der Waals surface area contributed by atoms with Crippen LogP contribution in [-0.4, -0.2) is 59.9 Å². The Labute approximate surface area is 173 Å². The van der Waals surface area contributed by atoms with Crippen LogP contribution < -0.4 is 0 Å². The van der Waals surface area contributed by atoms with Gasteiger partial charge in [-0.1, -0.05) is 23.7 Å². The number of carbonyl (C=O) groups excluding carboxylic acids is 3. The number of benzene rings is 1. The van der Waals surface area contributed by atoms with Crippen molar-refractivity contribution in [1.29, 1.82) is 0 Å². The lowest BCUT2D eigenvalue weighted by Gasteiger charge is -2.35. The van der Waals surface area contributed by atoms with Crippen molar-refractivity contribution in [2.75, 3.05) is 26.2 Å². The number of nitrogens with zero attached hydrogens (tertiary/aromatic N) is 2. The predicted molar refractivity (Wildman–Crippen MR) is 107 cm³/mol. The van der Waals surface area contributed by atoms with E-state index in [0.29, 0.717) is 31.2 Å². The normalized spacial score (nSPS) is 15.4. The summed E-state index contributed by atoms with van der Waals surface area (Å²) in [6.07, 6.45) is 3.36. The molecule has 0 saturated carbocycles. The van der Waals surface area contributed by atoms with Crippen molar-refractivity contribution in [1.82, 2.24) is 9.80 Å². The molecule has 0 spiro atoms. The third-order valence-electron chi connectivity index (χ3n) is 4.51. The quantitative estimate of drug-likeness (QED) is 0.553. The van der Waals surface area contributed by atoms with Crippen LogP contribution in [-0.2, 0) is 14.3 Å². The third-order valence-corrected chi connectivity index (χ3v) is 4.75. The molecule has 0 bridgehead atoms. The fourth-order valence-corrected chi connectivity index (χ4v) is 3.18. The lowest BCUT2D eigenvalue weighted by atomic mass is 10.2. The second-order valence-corrected chi connectivity index (χ2v) is 7.00. The minimum atomic E-state index is -0.918. The molecule has 1 unspecified atom stereocenters. The number of furan rings is 1. The Morgan fingerprint density at radius 1 is 1.10 bits per heavy atom. The summed E-state index contributed by atoms with van der Waals surface area (Å²) in [4.78, 5) is 40.0. The summed E-state index contributed by atoms with van der Waals surface area (Å²) in [7, 11) is 0. The first-order valence-corrected chi connectivity index (χ1v) is 9.57. The Morgan fingerprint density at radius 2 is 1.83 bits per heavy atom. The van der Waals surface area contributed by atoms with Crippen LogP contribution in [0.1, 0.15) is 23.0 Å². The van der Waals surface area contributed by atoms with E-state index in [0.717, 1.165) is 5.56 Å². The molecule has 1 saturated heterocycles. The van der Waals surface area contributed by atoms with Gasteiger partial charge < -0.3 is 19.0 Å². The summed E-state index contributed by atoms with van der Waals surface area (Å²) in [5.74, 6) is -0.830. The second kappa shape index (κ2) is 9.43. The topological polar surface area (TPSA) is 80.1 Å². The Kier molecular flexibility index (Phi) is 6.72. The van der Waals surface area contributed by atoms with Crippen LogP contribution in [0.2, 0.25) is 5.02 Å². The first-order valence-electron chi connectivity index (χ1n) is 9.20. The monoisotopic (exact) mass is 416 g/mol. The smallest absolute Gasteiger partial charge is 0.331 e. The van der Waals surface area contributed by atoms with E-state index in [9.17, 15) is 14.4 Å². The number of carbonyl (C=O) groups is 3. The zero-order chi connectivity index (χ0) is 20.8. The van der Waals surface area contributed by atoms with Crippen LogP contribution in [0, 0.1) is 0 Å². The Morgan fingerprint density at radius 3 is 2.48 bits per heavy atom. The summed E-state index contributed by atoms with van der Waals surface area (Å²) in [5, 5.41) is 0.564. The highest BCUT2D eigenvalue weighted by Crippen LogP contribution is 2.13. The van der Waals surface area contributed by atoms with Crippen LogP contribution >= 0.6 is 11.6 Å². The average molecular weight is 417 g/mol. The minimum Gasteiger partial charge on any atom is -0.459 e. The van der Waals surface area contributed by atoms with Crippen LogP contribution in [0.4, 0.5) is 0 Å². The lowest BCUT2D eigenvalue weighted by molar-refractivity contribution is -0.156. The molecular formula is C21H21ClN2O5. The Hall–Kier alpha value is -3.06. The summed E-state index contributed by atoms with van der Waals surface area (Å²) < 4.78 is 10.3. The maximum atomic E-state index is 12.5. The molecule has 2 amide bonds. The van der Waals surface area contributed by atoms with Crippen molar-refractivity contribution in [3.8, 4) is 0 Å². The summed E-state index contributed by atoms with van der Waals surface area (Å²) in [5.41, 5.74) is 0.755. The van der Waals surface area contributed by atoms with E-state index in [-0.39, 0.29) is 17.6 Å². The van der Waals surface area contributed by atoms with Crippen molar-refractivity contribution in [3.63, 3.8) is 0 Å². The molecule has 29 heavy (non-hydrogen) atoms. The van der Waals surface area contributed by atoms with E-state index in [1.807, 2.05) is 0 Å². The molecule has 1 atom stereocenters. The van der Waals surface area contributed by atoms with Gasteiger partial charge in [-0.15, -0.1) is 0 Å². The van der Waals surface area contributed by atoms with Crippen LogP contribution in [0.15, 0.2) is 53.2 Å². The molecule has 152 valence electrons. The van der Waals surface area contributed by atoms with Gasteiger partial charge in [0.1, 0.15) is 0 Å². The fraction of sp³-hybridized carbons (Fsp3) is 0.286. The number of hydrogen-bond acceptors (Lipinski definition) is 5. The highest BCUT2D eigenvalue weighted by molar-refractivity contribution is 6.30. The molecule has 1 aliphatic rings. The first kappa shape index (κ1) is 20.7. The molecule has 2 heterocycles. The Balaban J connectivity index is 1.48. The van der Waals surface area contributed by atoms with Gasteiger partial charge in [0.05, 0.1) is 6.26 Å². The maximum Gasteiger partial charge on any atom is 0.331 e. The molecule has 1 aliphatic heterocycles. The molecule has 8 heteroatoms. The molecule has 2 aromatic rings. The van der Waals surface area contributed by atoms with Gasteiger partial charge in [0.25, 0.3) is 11.8 Å². The average Bonchev–Trinajstić information content (AvgIpc) is 3.26. The SMILES string of the molecule is CC(OC(=O)/C=C/c1cccc(Cl)c1)C(=O)N1CCN(C(=O)c2ccco2)CC1. The number of piperazine rings is 1. The molecule has 7 nitrogen and oxygen atoms in total.